The summed E-state index contributed by atoms with van der Waals surface area (Å²) in [6.45, 7) is 4.48. The van der Waals surface area contributed by atoms with E-state index in [-0.39, 0.29) is 0 Å². The van der Waals surface area contributed by atoms with Gasteiger partial charge in [-0.05, 0) is 42.5 Å². The third kappa shape index (κ3) is 3.77. The van der Waals surface area contributed by atoms with E-state index in [9.17, 15) is 0 Å². The molecular weight excluding hydrogens is 208 g/mol. The molecule has 0 atom stereocenters. The fraction of sp³-hybridized carbons (Fsp3) is 0.375. The molecule has 0 aliphatic heterocycles. The van der Waals surface area contributed by atoms with Crippen LogP contribution in [0.25, 0.3) is 0 Å². The van der Waals surface area contributed by atoms with Crippen LogP contribution in [-0.4, -0.2) is 0 Å². The Balaban J connectivity index is 1.98. The summed E-state index contributed by atoms with van der Waals surface area (Å²) in [6.07, 6.45) is 9.49. The Morgan fingerprint density at radius 3 is 2.53 bits per heavy atom. The first-order valence-electron chi connectivity index (χ1n) is 6.36. The van der Waals surface area contributed by atoms with Crippen molar-refractivity contribution in [3.05, 3.63) is 53.8 Å². The molecule has 0 radical (unpaired) electrons. The standard InChI is InChI=1S/C16H20O/c1-13(2)12-14-8-10-16(11-9-14)17-15-6-4-3-5-7-15/h3-4,6,8-11,13H,5,7,12H2,1-2H3. The summed E-state index contributed by atoms with van der Waals surface area (Å²) in [6, 6.07) is 8.46. The van der Waals surface area contributed by atoms with Crippen LogP contribution in [0.1, 0.15) is 32.3 Å². The van der Waals surface area contributed by atoms with Crippen LogP contribution in [0.15, 0.2) is 48.3 Å². The van der Waals surface area contributed by atoms with Crippen molar-refractivity contribution in [2.45, 2.75) is 33.1 Å². The van der Waals surface area contributed by atoms with Gasteiger partial charge in [-0.3, -0.25) is 0 Å². The van der Waals surface area contributed by atoms with Crippen molar-refractivity contribution in [1.82, 2.24) is 0 Å². The van der Waals surface area contributed by atoms with Crippen molar-refractivity contribution in [2.24, 2.45) is 5.92 Å². The first kappa shape index (κ1) is 12.0. The highest BCUT2D eigenvalue weighted by molar-refractivity contribution is 5.29. The molecule has 0 amide bonds. The Kier molecular flexibility index (Phi) is 4.03. The van der Waals surface area contributed by atoms with Crippen molar-refractivity contribution in [1.29, 1.82) is 0 Å². The van der Waals surface area contributed by atoms with E-state index >= 15 is 0 Å². The molecule has 1 aliphatic carbocycles. The molecule has 0 unspecified atom stereocenters. The molecule has 2 rings (SSSR count). The summed E-state index contributed by atoms with van der Waals surface area (Å²) in [5, 5.41) is 0. The quantitative estimate of drug-likeness (QED) is 0.737. The minimum Gasteiger partial charge on any atom is -0.462 e. The topological polar surface area (TPSA) is 9.23 Å². The summed E-state index contributed by atoms with van der Waals surface area (Å²) >= 11 is 0. The van der Waals surface area contributed by atoms with Crippen molar-refractivity contribution in [3.63, 3.8) is 0 Å². The zero-order valence-corrected chi connectivity index (χ0v) is 10.6. The van der Waals surface area contributed by atoms with E-state index in [4.69, 9.17) is 4.74 Å². The van der Waals surface area contributed by atoms with Gasteiger partial charge < -0.3 is 4.74 Å². The van der Waals surface area contributed by atoms with Crippen molar-refractivity contribution < 1.29 is 4.74 Å². The van der Waals surface area contributed by atoms with Crippen LogP contribution in [0.3, 0.4) is 0 Å². The second-order valence-electron chi connectivity index (χ2n) is 4.94. The molecule has 1 aromatic carbocycles. The highest BCUT2D eigenvalue weighted by Crippen LogP contribution is 2.20. The van der Waals surface area contributed by atoms with Gasteiger partial charge in [0.1, 0.15) is 11.5 Å². The molecule has 1 aromatic rings. The number of ether oxygens (including phenoxy) is 1. The zero-order valence-electron chi connectivity index (χ0n) is 10.6. The van der Waals surface area contributed by atoms with E-state index in [1.54, 1.807) is 0 Å². The maximum absolute atomic E-state index is 5.83. The summed E-state index contributed by atoms with van der Waals surface area (Å²) < 4.78 is 5.83. The second-order valence-corrected chi connectivity index (χ2v) is 4.94. The largest absolute Gasteiger partial charge is 0.462 e. The van der Waals surface area contributed by atoms with Gasteiger partial charge in [-0.2, -0.15) is 0 Å². The van der Waals surface area contributed by atoms with E-state index in [2.05, 4.69) is 50.3 Å². The Labute approximate surface area is 104 Å². The van der Waals surface area contributed by atoms with Gasteiger partial charge in [-0.1, -0.05) is 38.1 Å². The van der Waals surface area contributed by atoms with Crippen LogP contribution in [0, 0.1) is 5.92 Å². The molecule has 0 heterocycles. The number of rotatable bonds is 4. The minimum absolute atomic E-state index is 0.702. The third-order valence-electron chi connectivity index (χ3n) is 2.79. The van der Waals surface area contributed by atoms with E-state index in [0.29, 0.717) is 5.92 Å². The van der Waals surface area contributed by atoms with Crippen molar-refractivity contribution in [2.75, 3.05) is 0 Å². The maximum Gasteiger partial charge on any atom is 0.126 e. The molecule has 1 aliphatic rings. The van der Waals surface area contributed by atoms with Gasteiger partial charge >= 0.3 is 0 Å². The highest BCUT2D eigenvalue weighted by Gasteiger charge is 2.03. The normalized spacial score (nSPS) is 14.9. The molecule has 0 aromatic heterocycles. The lowest BCUT2D eigenvalue weighted by Crippen LogP contribution is -1.98. The van der Waals surface area contributed by atoms with Gasteiger partial charge in [0.25, 0.3) is 0 Å². The molecule has 0 saturated heterocycles. The fourth-order valence-corrected chi connectivity index (χ4v) is 1.98. The van der Waals surface area contributed by atoms with Gasteiger partial charge in [0.2, 0.25) is 0 Å². The molecule has 1 heteroatoms. The molecule has 0 spiro atoms. The monoisotopic (exact) mass is 228 g/mol. The van der Waals surface area contributed by atoms with E-state index in [0.717, 1.165) is 30.8 Å². The molecule has 0 fully saturated rings. The van der Waals surface area contributed by atoms with Crippen LogP contribution in [0.2, 0.25) is 0 Å². The second kappa shape index (κ2) is 5.72. The minimum atomic E-state index is 0.702. The summed E-state index contributed by atoms with van der Waals surface area (Å²) in [7, 11) is 0. The van der Waals surface area contributed by atoms with Crippen molar-refractivity contribution >= 4 is 0 Å². The van der Waals surface area contributed by atoms with Crippen LogP contribution < -0.4 is 4.74 Å². The summed E-state index contributed by atoms with van der Waals surface area (Å²) in [5.41, 5.74) is 1.38. The van der Waals surface area contributed by atoms with Gasteiger partial charge in [0.15, 0.2) is 0 Å². The highest BCUT2D eigenvalue weighted by atomic mass is 16.5. The zero-order chi connectivity index (χ0) is 12.1. The molecule has 0 N–H and O–H groups in total. The lowest BCUT2D eigenvalue weighted by Gasteiger charge is -2.12. The Morgan fingerprint density at radius 1 is 1.18 bits per heavy atom. The van der Waals surface area contributed by atoms with Crippen LogP contribution in [-0.2, 0) is 6.42 Å². The van der Waals surface area contributed by atoms with Gasteiger partial charge in [-0.15, -0.1) is 0 Å². The number of allylic oxidation sites excluding steroid dienone is 4. The summed E-state index contributed by atoms with van der Waals surface area (Å²) in [4.78, 5) is 0. The first-order chi connectivity index (χ1) is 8.24. The van der Waals surface area contributed by atoms with Crippen LogP contribution in [0.5, 0.6) is 5.75 Å². The van der Waals surface area contributed by atoms with E-state index in [1.807, 2.05) is 6.08 Å². The van der Waals surface area contributed by atoms with Gasteiger partial charge in [0.05, 0.1) is 0 Å². The lowest BCUT2D eigenvalue weighted by molar-refractivity contribution is 0.402. The molecule has 1 nitrogen and oxygen atoms in total. The molecule has 17 heavy (non-hydrogen) atoms. The van der Waals surface area contributed by atoms with E-state index < -0.39 is 0 Å². The first-order valence-corrected chi connectivity index (χ1v) is 6.36. The number of hydrogen-bond acceptors (Lipinski definition) is 1. The SMILES string of the molecule is CC(C)Cc1ccc(OC2=CC=CCC2)cc1. The predicted octanol–water partition coefficient (Wildman–Crippen LogP) is 4.50. The Bertz CT molecular complexity index is 410. The average molecular weight is 228 g/mol. The Hall–Kier alpha value is -1.50. The smallest absolute Gasteiger partial charge is 0.126 e. The fourth-order valence-electron chi connectivity index (χ4n) is 1.98. The molecule has 0 bridgehead atoms. The Morgan fingerprint density at radius 2 is 1.94 bits per heavy atom. The number of hydrogen-bond donors (Lipinski definition) is 0. The van der Waals surface area contributed by atoms with Crippen LogP contribution in [0.4, 0.5) is 0 Å². The average Bonchev–Trinajstić information content (AvgIpc) is 2.32. The maximum atomic E-state index is 5.83. The predicted molar refractivity (Wildman–Crippen MR) is 72.1 cm³/mol. The molecule has 0 saturated carbocycles. The van der Waals surface area contributed by atoms with Crippen molar-refractivity contribution in [3.8, 4) is 5.75 Å². The number of benzene rings is 1. The molecular formula is C16H20O. The van der Waals surface area contributed by atoms with Crippen LogP contribution >= 0.6 is 0 Å². The third-order valence-corrected chi connectivity index (χ3v) is 2.79. The molecule has 90 valence electrons. The lowest BCUT2D eigenvalue weighted by atomic mass is 10.0. The van der Waals surface area contributed by atoms with E-state index in [1.165, 1.54) is 5.56 Å². The van der Waals surface area contributed by atoms with Gasteiger partial charge in [0, 0.05) is 6.42 Å². The van der Waals surface area contributed by atoms with Gasteiger partial charge in [-0.25, -0.2) is 0 Å². The summed E-state index contributed by atoms with van der Waals surface area (Å²) in [5.74, 6) is 2.70.